The maximum Gasteiger partial charge on any atom is 0.246 e. The number of amides is 1. The monoisotopic (exact) mass is 260 g/mol. The average Bonchev–Trinajstić information content (AvgIpc) is 2.47. The first-order valence-electron chi connectivity index (χ1n) is 7.12. The van der Waals surface area contributed by atoms with Crippen molar-refractivity contribution in [2.75, 3.05) is 11.4 Å². The summed E-state index contributed by atoms with van der Waals surface area (Å²) in [7, 11) is 0. The van der Waals surface area contributed by atoms with Gasteiger partial charge in [-0.25, -0.2) is 0 Å². The topological polar surface area (TPSA) is 32.3 Å². The van der Waals surface area contributed by atoms with E-state index in [4.69, 9.17) is 0 Å². The number of carbonyl (C=O) groups is 1. The average molecular weight is 260 g/mol. The Labute approximate surface area is 116 Å². The number of aryl methyl sites for hydroxylation is 1. The van der Waals surface area contributed by atoms with Gasteiger partial charge in [0, 0.05) is 18.3 Å². The smallest absolute Gasteiger partial charge is 0.246 e. The molecule has 1 atom stereocenters. The summed E-state index contributed by atoms with van der Waals surface area (Å²) in [6, 6.07) is 8.69. The van der Waals surface area contributed by atoms with Crippen LogP contribution in [0.5, 0.6) is 0 Å². The molecule has 2 rings (SSSR count). The Bertz CT molecular complexity index is 450. The lowest BCUT2D eigenvalue weighted by molar-refractivity contribution is -0.123. The van der Waals surface area contributed by atoms with Gasteiger partial charge in [-0.3, -0.25) is 4.79 Å². The summed E-state index contributed by atoms with van der Waals surface area (Å²) < 4.78 is 0. The number of hydrogen-bond acceptors (Lipinski definition) is 2. The Balaban J connectivity index is 2.28. The zero-order valence-corrected chi connectivity index (χ0v) is 12.4. The number of carbonyl (C=O) groups excluding carboxylic acids is 1. The summed E-state index contributed by atoms with van der Waals surface area (Å²) >= 11 is 0. The highest BCUT2D eigenvalue weighted by molar-refractivity contribution is 6.00. The lowest BCUT2D eigenvalue weighted by Crippen LogP contribution is -2.53. The molecule has 1 unspecified atom stereocenters. The molecule has 0 spiro atoms. The van der Waals surface area contributed by atoms with E-state index in [0.717, 1.165) is 25.1 Å². The molecule has 3 heteroatoms. The summed E-state index contributed by atoms with van der Waals surface area (Å²) in [5, 5.41) is 3.40. The van der Waals surface area contributed by atoms with E-state index in [-0.39, 0.29) is 5.91 Å². The highest BCUT2D eigenvalue weighted by Gasteiger charge is 2.36. The van der Waals surface area contributed by atoms with Crippen molar-refractivity contribution in [3.8, 4) is 0 Å². The Hall–Kier alpha value is -1.35. The molecule has 0 radical (unpaired) electrons. The van der Waals surface area contributed by atoms with Crippen LogP contribution in [0.1, 0.15) is 39.7 Å². The fourth-order valence-corrected chi connectivity index (χ4v) is 2.67. The third kappa shape index (κ3) is 2.98. The Morgan fingerprint density at radius 1 is 1.32 bits per heavy atom. The molecule has 1 aliphatic rings. The van der Waals surface area contributed by atoms with Gasteiger partial charge < -0.3 is 10.2 Å². The normalized spacial score (nSPS) is 23.3. The molecule has 0 aromatic heterocycles. The first kappa shape index (κ1) is 14.1. The molecule has 1 N–H and O–H groups in total. The van der Waals surface area contributed by atoms with E-state index in [1.807, 2.05) is 18.7 Å². The highest BCUT2D eigenvalue weighted by atomic mass is 16.2. The van der Waals surface area contributed by atoms with E-state index >= 15 is 0 Å². The molecule has 1 aliphatic heterocycles. The van der Waals surface area contributed by atoms with Crippen LogP contribution in [0.4, 0.5) is 5.69 Å². The van der Waals surface area contributed by atoms with E-state index in [1.54, 1.807) is 0 Å². The van der Waals surface area contributed by atoms with Crippen molar-refractivity contribution < 1.29 is 4.79 Å². The van der Waals surface area contributed by atoms with E-state index in [9.17, 15) is 4.79 Å². The molecule has 0 saturated carbocycles. The van der Waals surface area contributed by atoms with Crippen LogP contribution in [0, 0.1) is 0 Å². The molecule has 1 aromatic rings. The molecule has 1 amide bonds. The zero-order valence-electron chi connectivity index (χ0n) is 12.4. The lowest BCUT2D eigenvalue weighted by Gasteiger charge is -2.30. The molecule has 1 heterocycles. The standard InChI is InChI=1S/C16H24N2O/c1-5-13-6-8-14(9-7-13)18-11-10-12(2)17-16(3,4)15(18)19/h6-9,12,17H,5,10-11H2,1-4H3. The molecular formula is C16H24N2O. The van der Waals surface area contributed by atoms with Crippen molar-refractivity contribution in [2.24, 2.45) is 0 Å². The number of benzene rings is 1. The van der Waals surface area contributed by atoms with Gasteiger partial charge in [0.05, 0.1) is 5.54 Å². The van der Waals surface area contributed by atoms with Crippen molar-refractivity contribution >= 4 is 11.6 Å². The third-order valence-corrected chi connectivity index (χ3v) is 3.83. The zero-order chi connectivity index (χ0) is 14.0. The van der Waals surface area contributed by atoms with Gasteiger partial charge in [-0.1, -0.05) is 19.1 Å². The van der Waals surface area contributed by atoms with Gasteiger partial charge in [0.15, 0.2) is 0 Å². The fraction of sp³-hybridized carbons (Fsp3) is 0.562. The number of nitrogens with one attached hydrogen (secondary N) is 1. The van der Waals surface area contributed by atoms with E-state index in [2.05, 4.69) is 43.4 Å². The van der Waals surface area contributed by atoms with Crippen LogP contribution < -0.4 is 10.2 Å². The van der Waals surface area contributed by atoms with Crippen LogP contribution in [0.15, 0.2) is 24.3 Å². The second-order valence-corrected chi connectivity index (χ2v) is 5.94. The van der Waals surface area contributed by atoms with Gasteiger partial charge in [0.1, 0.15) is 0 Å². The molecule has 1 fully saturated rings. The minimum atomic E-state index is -0.501. The van der Waals surface area contributed by atoms with Gasteiger partial charge in [0.25, 0.3) is 0 Å². The first-order chi connectivity index (χ1) is 8.94. The Kier molecular flexibility index (Phi) is 3.95. The summed E-state index contributed by atoms with van der Waals surface area (Å²) in [5.74, 6) is 0.154. The molecule has 0 bridgehead atoms. The predicted octanol–water partition coefficient (Wildman–Crippen LogP) is 2.74. The van der Waals surface area contributed by atoms with Crippen molar-refractivity contribution in [1.29, 1.82) is 0 Å². The first-order valence-corrected chi connectivity index (χ1v) is 7.12. The van der Waals surface area contributed by atoms with E-state index in [1.165, 1.54) is 5.56 Å². The second kappa shape index (κ2) is 5.33. The quantitative estimate of drug-likeness (QED) is 0.886. The third-order valence-electron chi connectivity index (χ3n) is 3.83. The van der Waals surface area contributed by atoms with Crippen LogP contribution in [-0.2, 0) is 11.2 Å². The molecule has 1 aromatic carbocycles. The lowest BCUT2D eigenvalue weighted by atomic mass is 10.0. The summed E-state index contributed by atoms with van der Waals surface area (Å²) in [5.41, 5.74) is 1.81. The molecule has 0 aliphatic carbocycles. The highest BCUT2D eigenvalue weighted by Crippen LogP contribution is 2.23. The summed E-state index contributed by atoms with van der Waals surface area (Å²) in [6.45, 7) is 8.98. The van der Waals surface area contributed by atoms with Crippen LogP contribution >= 0.6 is 0 Å². The fourth-order valence-electron chi connectivity index (χ4n) is 2.67. The van der Waals surface area contributed by atoms with Crippen molar-refractivity contribution in [2.45, 2.75) is 52.1 Å². The van der Waals surface area contributed by atoms with Crippen LogP contribution in [0.2, 0.25) is 0 Å². The van der Waals surface area contributed by atoms with Gasteiger partial charge >= 0.3 is 0 Å². The minimum absolute atomic E-state index is 0.154. The van der Waals surface area contributed by atoms with Crippen LogP contribution in [0.25, 0.3) is 0 Å². The predicted molar refractivity (Wildman–Crippen MR) is 79.5 cm³/mol. The Morgan fingerprint density at radius 2 is 1.95 bits per heavy atom. The SMILES string of the molecule is CCc1ccc(N2CCC(C)NC(C)(C)C2=O)cc1. The van der Waals surface area contributed by atoms with Crippen molar-refractivity contribution in [3.05, 3.63) is 29.8 Å². The minimum Gasteiger partial charge on any atom is -0.311 e. The van der Waals surface area contributed by atoms with Crippen molar-refractivity contribution in [1.82, 2.24) is 5.32 Å². The molecular weight excluding hydrogens is 236 g/mol. The van der Waals surface area contributed by atoms with Crippen LogP contribution in [0.3, 0.4) is 0 Å². The molecule has 104 valence electrons. The van der Waals surface area contributed by atoms with E-state index in [0.29, 0.717) is 6.04 Å². The molecule has 1 saturated heterocycles. The largest absolute Gasteiger partial charge is 0.311 e. The second-order valence-electron chi connectivity index (χ2n) is 5.94. The number of hydrogen-bond donors (Lipinski definition) is 1. The molecule has 3 nitrogen and oxygen atoms in total. The maximum atomic E-state index is 12.6. The number of rotatable bonds is 2. The number of nitrogens with zero attached hydrogens (tertiary/aromatic N) is 1. The molecule has 19 heavy (non-hydrogen) atoms. The summed E-state index contributed by atoms with van der Waals surface area (Å²) in [6.07, 6.45) is 2.00. The van der Waals surface area contributed by atoms with Crippen molar-refractivity contribution in [3.63, 3.8) is 0 Å². The van der Waals surface area contributed by atoms with Crippen LogP contribution in [-0.4, -0.2) is 24.0 Å². The maximum absolute atomic E-state index is 12.6. The summed E-state index contributed by atoms with van der Waals surface area (Å²) in [4.78, 5) is 14.5. The number of anilines is 1. The van der Waals surface area contributed by atoms with Gasteiger partial charge in [-0.15, -0.1) is 0 Å². The van der Waals surface area contributed by atoms with Gasteiger partial charge in [-0.05, 0) is 51.3 Å². The van der Waals surface area contributed by atoms with Gasteiger partial charge in [0.2, 0.25) is 5.91 Å². The van der Waals surface area contributed by atoms with E-state index < -0.39 is 5.54 Å². The Morgan fingerprint density at radius 3 is 2.53 bits per heavy atom. The van der Waals surface area contributed by atoms with Gasteiger partial charge in [-0.2, -0.15) is 0 Å².